The summed E-state index contributed by atoms with van der Waals surface area (Å²) in [7, 11) is 1.66. The quantitative estimate of drug-likeness (QED) is 0.823. The molecule has 0 saturated carbocycles. The molecular formula is C17H26N2O4S. The molecule has 1 amide bonds. The number of hydrogen-bond donors (Lipinski definition) is 1. The van der Waals surface area contributed by atoms with Crippen molar-refractivity contribution in [2.24, 2.45) is 11.8 Å². The normalized spacial score (nSPS) is 25.3. The summed E-state index contributed by atoms with van der Waals surface area (Å²) in [6, 6.07) is 3.83. The molecule has 2 aliphatic heterocycles. The van der Waals surface area contributed by atoms with Crippen LogP contribution in [-0.4, -0.2) is 80.5 Å². The second kappa shape index (κ2) is 8.40. The van der Waals surface area contributed by atoms with Crippen LogP contribution in [0.25, 0.3) is 0 Å². The van der Waals surface area contributed by atoms with E-state index in [1.165, 1.54) is 11.3 Å². The van der Waals surface area contributed by atoms with Crippen LogP contribution in [0, 0.1) is 11.8 Å². The first-order valence-corrected chi connectivity index (χ1v) is 9.30. The van der Waals surface area contributed by atoms with E-state index in [2.05, 4.69) is 4.90 Å². The maximum absolute atomic E-state index is 12.7. The second-order valence-electron chi connectivity index (χ2n) is 6.52. The van der Waals surface area contributed by atoms with E-state index in [1.54, 1.807) is 7.11 Å². The Kier molecular flexibility index (Phi) is 6.24. The molecule has 0 aliphatic carbocycles. The van der Waals surface area contributed by atoms with Crippen LogP contribution < -0.4 is 0 Å². The maximum atomic E-state index is 12.7. The van der Waals surface area contributed by atoms with E-state index in [4.69, 9.17) is 9.47 Å². The molecule has 2 fully saturated rings. The second-order valence-corrected chi connectivity index (χ2v) is 7.69. The fraction of sp³-hybridized carbons (Fsp3) is 0.706. The van der Waals surface area contributed by atoms with E-state index in [1.807, 2.05) is 17.0 Å². The van der Waals surface area contributed by atoms with Gasteiger partial charge in [-0.2, -0.15) is 0 Å². The van der Waals surface area contributed by atoms with Crippen LogP contribution in [0.1, 0.15) is 14.5 Å². The van der Waals surface area contributed by atoms with Crippen LogP contribution in [-0.2, 0) is 16.1 Å². The van der Waals surface area contributed by atoms with E-state index >= 15 is 0 Å². The number of carbonyl (C=O) groups excluding carboxylic acids is 1. The molecule has 7 heteroatoms. The molecule has 0 radical (unpaired) electrons. The fourth-order valence-corrected chi connectivity index (χ4v) is 4.45. The van der Waals surface area contributed by atoms with Gasteiger partial charge in [0.05, 0.1) is 24.7 Å². The lowest BCUT2D eigenvalue weighted by atomic mass is 9.96. The summed E-state index contributed by atoms with van der Waals surface area (Å²) in [6.45, 7) is 6.39. The van der Waals surface area contributed by atoms with Crippen molar-refractivity contribution in [1.82, 2.24) is 9.80 Å². The van der Waals surface area contributed by atoms with Gasteiger partial charge < -0.3 is 19.5 Å². The third kappa shape index (κ3) is 4.15. The van der Waals surface area contributed by atoms with Gasteiger partial charge in [0.1, 0.15) is 0 Å². The summed E-state index contributed by atoms with van der Waals surface area (Å²) < 4.78 is 10.5. The zero-order valence-electron chi connectivity index (χ0n) is 14.1. The summed E-state index contributed by atoms with van der Waals surface area (Å²) in [5.74, 6) is 0.566. The van der Waals surface area contributed by atoms with Gasteiger partial charge in [0, 0.05) is 57.2 Å². The minimum absolute atomic E-state index is 0.0743. The largest absolute Gasteiger partial charge is 0.396 e. The molecule has 2 saturated heterocycles. The lowest BCUT2D eigenvalue weighted by molar-refractivity contribution is 0.0264. The Bertz CT molecular complexity index is 544. The smallest absolute Gasteiger partial charge is 0.263 e. The summed E-state index contributed by atoms with van der Waals surface area (Å²) in [4.78, 5) is 18.8. The highest BCUT2D eigenvalue weighted by Gasteiger charge is 2.36. The molecular weight excluding hydrogens is 328 g/mol. The average Bonchev–Trinajstić information content (AvgIpc) is 3.22. The molecule has 1 N–H and O–H groups in total. The van der Waals surface area contributed by atoms with Gasteiger partial charge in [0.25, 0.3) is 5.91 Å². The van der Waals surface area contributed by atoms with E-state index in [9.17, 15) is 9.90 Å². The highest BCUT2D eigenvalue weighted by molar-refractivity contribution is 7.14. The molecule has 0 spiro atoms. The minimum Gasteiger partial charge on any atom is -0.396 e. The summed E-state index contributed by atoms with van der Waals surface area (Å²) in [5.41, 5.74) is 0. The Labute approximate surface area is 147 Å². The van der Waals surface area contributed by atoms with Crippen LogP contribution in [0.15, 0.2) is 12.1 Å². The molecule has 1 aromatic rings. The van der Waals surface area contributed by atoms with Gasteiger partial charge in [-0.1, -0.05) is 0 Å². The minimum atomic E-state index is 0.0743. The fourth-order valence-electron chi connectivity index (χ4n) is 3.50. The predicted molar refractivity (Wildman–Crippen MR) is 92.3 cm³/mol. The van der Waals surface area contributed by atoms with Gasteiger partial charge in [-0.25, -0.2) is 0 Å². The number of carbonyl (C=O) groups is 1. The molecule has 3 rings (SSSR count). The third-order valence-corrected chi connectivity index (χ3v) is 5.90. The molecule has 2 aliphatic rings. The van der Waals surface area contributed by atoms with Crippen molar-refractivity contribution in [2.45, 2.75) is 6.61 Å². The molecule has 0 bridgehead atoms. The number of aliphatic hydroxyl groups is 1. The first-order valence-electron chi connectivity index (χ1n) is 8.49. The molecule has 1 aromatic heterocycles. The number of rotatable bonds is 6. The molecule has 6 nitrogen and oxygen atoms in total. The standard InChI is InChI=1S/C17H26N2O4S/c1-22-12-15-2-3-16(24-15)17(21)19-9-13(14(10-19)11-20)8-18-4-6-23-7-5-18/h2-3,13-14,20H,4-12H2,1H3/t13-,14-/m0/s1. The molecule has 24 heavy (non-hydrogen) atoms. The van der Waals surface area contributed by atoms with Gasteiger partial charge in [-0.3, -0.25) is 9.69 Å². The first-order chi connectivity index (χ1) is 11.7. The molecule has 2 atom stereocenters. The van der Waals surface area contributed by atoms with Gasteiger partial charge in [-0.05, 0) is 18.1 Å². The van der Waals surface area contributed by atoms with Gasteiger partial charge in [0.2, 0.25) is 0 Å². The van der Waals surface area contributed by atoms with Gasteiger partial charge in [0.15, 0.2) is 0 Å². The van der Waals surface area contributed by atoms with Crippen molar-refractivity contribution in [3.63, 3.8) is 0 Å². The highest BCUT2D eigenvalue weighted by atomic mass is 32.1. The molecule has 3 heterocycles. The topological polar surface area (TPSA) is 62.2 Å². The van der Waals surface area contributed by atoms with E-state index in [0.717, 1.165) is 49.1 Å². The monoisotopic (exact) mass is 354 g/mol. The predicted octanol–water partition coefficient (Wildman–Crippen LogP) is 0.907. The van der Waals surface area contributed by atoms with Crippen molar-refractivity contribution in [3.05, 3.63) is 21.9 Å². The van der Waals surface area contributed by atoms with Crippen molar-refractivity contribution in [3.8, 4) is 0 Å². The number of amides is 1. The van der Waals surface area contributed by atoms with Crippen molar-refractivity contribution in [2.75, 3.05) is 59.7 Å². The van der Waals surface area contributed by atoms with E-state index in [-0.39, 0.29) is 18.4 Å². The lowest BCUT2D eigenvalue weighted by Crippen LogP contribution is -2.41. The SMILES string of the molecule is COCc1ccc(C(=O)N2C[C@@H](CO)[C@@H](CN3CCOCC3)C2)s1. The molecule has 0 aromatic carbocycles. The Morgan fingerprint density at radius 1 is 1.33 bits per heavy atom. The number of thiophene rings is 1. The Hall–Kier alpha value is -0.990. The molecule has 0 unspecified atom stereocenters. The Morgan fingerprint density at radius 2 is 2.08 bits per heavy atom. The number of ether oxygens (including phenoxy) is 2. The Balaban J connectivity index is 1.60. The van der Waals surface area contributed by atoms with Crippen LogP contribution in [0.4, 0.5) is 0 Å². The van der Waals surface area contributed by atoms with Crippen molar-refractivity contribution >= 4 is 17.2 Å². The zero-order valence-corrected chi connectivity index (χ0v) is 15.0. The highest BCUT2D eigenvalue weighted by Crippen LogP contribution is 2.28. The summed E-state index contributed by atoms with van der Waals surface area (Å²) in [5, 5.41) is 9.72. The van der Waals surface area contributed by atoms with Gasteiger partial charge in [-0.15, -0.1) is 11.3 Å². The molecule has 134 valence electrons. The van der Waals surface area contributed by atoms with Crippen LogP contribution >= 0.6 is 11.3 Å². The summed E-state index contributed by atoms with van der Waals surface area (Å²) in [6.07, 6.45) is 0. The Morgan fingerprint density at radius 3 is 2.79 bits per heavy atom. The third-order valence-electron chi connectivity index (χ3n) is 4.85. The van der Waals surface area contributed by atoms with Crippen LogP contribution in [0.5, 0.6) is 0 Å². The lowest BCUT2D eigenvalue weighted by Gasteiger charge is -2.30. The average molecular weight is 354 g/mol. The maximum Gasteiger partial charge on any atom is 0.263 e. The van der Waals surface area contributed by atoms with Crippen molar-refractivity contribution < 1.29 is 19.4 Å². The number of morpholine rings is 1. The van der Waals surface area contributed by atoms with Crippen LogP contribution in [0.2, 0.25) is 0 Å². The number of likely N-dealkylation sites (tertiary alicyclic amines) is 1. The zero-order chi connectivity index (χ0) is 16.9. The summed E-state index contributed by atoms with van der Waals surface area (Å²) >= 11 is 1.49. The van der Waals surface area contributed by atoms with E-state index < -0.39 is 0 Å². The number of nitrogens with zero attached hydrogens (tertiary/aromatic N) is 2. The number of methoxy groups -OCH3 is 1. The first kappa shape index (κ1) is 17.8. The van der Waals surface area contributed by atoms with Crippen LogP contribution in [0.3, 0.4) is 0 Å². The number of aliphatic hydroxyl groups excluding tert-OH is 1. The van der Waals surface area contributed by atoms with Gasteiger partial charge >= 0.3 is 0 Å². The van der Waals surface area contributed by atoms with Crippen molar-refractivity contribution in [1.29, 1.82) is 0 Å². The van der Waals surface area contributed by atoms with E-state index in [0.29, 0.717) is 19.1 Å². The number of hydrogen-bond acceptors (Lipinski definition) is 6.